The van der Waals surface area contributed by atoms with Gasteiger partial charge >= 0.3 is 5.97 Å². The molecule has 0 aliphatic carbocycles. The van der Waals surface area contributed by atoms with Crippen LogP contribution >= 0.6 is 11.3 Å². The number of thiophene rings is 1. The number of carboxylic acids is 1. The van der Waals surface area contributed by atoms with E-state index in [-0.39, 0.29) is 0 Å². The van der Waals surface area contributed by atoms with Gasteiger partial charge in [0.25, 0.3) is 0 Å². The van der Waals surface area contributed by atoms with Crippen LogP contribution in [0, 0.1) is 0 Å². The SMILES string of the molecule is CC(C(=O)O)N(C)Cc1ccc(-c2ccccc2)s1. The number of carbonyl (C=O) groups is 1. The molecule has 2 rings (SSSR count). The van der Waals surface area contributed by atoms with Crippen molar-refractivity contribution in [1.82, 2.24) is 4.90 Å². The number of rotatable bonds is 5. The number of aliphatic carboxylic acids is 1. The van der Waals surface area contributed by atoms with Crippen molar-refractivity contribution < 1.29 is 9.90 Å². The number of benzene rings is 1. The van der Waals surface area contributed by atoms with Crippen molar-refractivity contribution in [1.29, 1.82) is 0 Å². The molecule has 1 N–H and O–H groups in total. The fourth-order valence-corrected chi connectivity index (χ4v) is 2.87. The van der Waals surface area contributed by atoms with Gasteiger partial charge < -0.3 is 5.11 Å². The Morgan fingerprint density at radius 3 is 2.58 bits per heavy atom. The van der Waals surface area contributed by atoms with E-state index in [9.17, 15) is 4.79 Å². The highest BCUT2D eigenvalue weighted by molar-refractivity contribution is 7.15. The smallest absolute Gasteiger partial charge is 0.320 e. The van der Waals surface area contributed by atoms with Crippen molar-refractivity contribution in [3.8, 4) is 10.4 Å². The van der Waals surface area contributed by atoms with Gasteiger partial charge in [-0.05, 0) is 31.7 Å². The van der Waals surface area contributed by atoms with Crippen molar-refractivity contribution in [2.75, 3.05) is 7.05 Å². The van der Waals surface area contributed by atoms with Gasteiger partial charge in [0.1, 0.15) is 6.04 Å². The Morgan fingerprint density at radius 1 is 1.26 bits per heavy atom. The van der Waals surface area contributed by atoms with Gasteiger partial charge in [-0.3, -0.25) is 9.69 Å². The maximum absolute atomic E-state index is 10.9. The number of hydrogen-bond acceptors (Lipinski definition) is 3. The van der Waals surface area contributed by atoms with Gasteiger partial charge in [0.2, 0.25) is 0 Å². The minimum atomic E-state index is -0.790. The predicted molar refractivity (Wildman–Crippen MR) is 78.3 cm³/mol. The van der Waals surface area contributed by atoms with Crippen LogP contribution in [0.3, 0.4) is 0 Å². The Morgan fingerprint density at radius 2 is 1.95 bits per heavy atom. The molecule has 0 aliphatic rings. The van der Waals surface area contributed by atoms with Gasteiger partial charge in [-0.25, -0.2) is 0 Å². The Bertz CT molecular complexity index is 550. The third kappa shape index (κ3) is 3.43. The van der Waals surface area contributed by atoms with E-state index in [1.165, 1.54) is 15.3 Å². The average Bonchev–Trinajstić information content (AvgIpc) is 2.87. The molecule has 0 spiro atoms. The average molecular weight is 275 g/mol. The van der Waals surface area contributed by atoms with E-state index in [2.05, 4.69) is 24.3 Å². The van der Waals surface area contributed by atoms with Gasteiger partial charge in [0.15, 0.2) is 0 Å². The molecule has 0 bridgehead atoms. The second-order valence-corrected chi connectivity index (χ2v) is 5.73. The molecule has 0 radical (unpaired) electrons. The molecule has 4 heteroatoms. The van der Waals surface area contributed by atoms with Gasteiger partial charge in [0.05, 0.1) is 0 Å². The maximum atomic E-state index is 10.9. The molecule has 1 aromatic carbocycles. The first-order chi connectivity index (χ1) is 9.08. The van der Waals surface area contributed by atoms with Crippen molar-refractivity contribution in [3.05, 3.63) is 47.3 Å². The molecule has 100 valence electrons. The molecule has 1 aromatic heterocycles. The van der Waals surface area contributed by atoms with E-state index in [0.717, 1.165) is 0 Å². The lowest BCUT2D eigenvalue weighted by Gasteiger charge is -2.19. The van der Waals surface area contributed by atoms with Crippen LogP contribution in [-0.4, -0.2) is 29.1 Å². The van der Waals surface area contributed by atoms with Crippen LogP contribution in [-0.2, 0) is 11.3 Å². The van der Waals surface area contributed by atoms with E-state index < -0.39 is 12.0 Å². The highest BCUT2D eigenvalue weighted by Gasteiger charge is 2.17. The minimum absolute atomic E-state index is 0.470. The van der Waals surface area contributed by atoms with Crippen molar-refractivity contribution in [3.63, 3.8) is 0 Å². The Hall–Kier alpha value is -1.65. The largest absolute Gasteiger partial charge is 0.480 e. The van der Waals surface area contributed by atoms with E-state index in [4.69, 9.17) is 5.11 Å². The van der Waals surface area contributed by atoms with E-state index in [1.807, 2.05) is 30.1 Å². The molecule has 1 atom stereocenters. The van der Waals surface area contributed by atoms with Crippen LogP contribution in [0.2, 0.25) is 0 Å². The van der Waals surface area contributed by atoms with Crippen LogP contribution < -0.4 is 0 Å². The number of nitrogens with zero attached hydrogens (tertiary/aromatic N) is 1. The van der Waals surface area contributed by atoms with Crippen LogP contribution in [0.1, 0.15) is 11.8 Å². The molecule has 0 aliphatic heterocycles. The first-order valence-electron chi connectivity index (χ1n) is 6.15. The van der Waals surface area contributed by atoms with Crippen LogP contribution in [0.25, 0.3) is 10.4 Å². The summed E-state index contributed by atoms with van der Waals surface area (Å²) >= 11 is 1.71. The van der Waals surface area contributed by atoms with Crippen molar-refractivity contribution >= 4 is 17.3 Å². The normalized spacial score (nSPS) is 12.6. The number of carboxylic acid groups (broad SMARTS) is 1. The van der Waals surface area contributed by atoms with Crippen molar-refractivity contribution in [2.24, 2.45) is 0 Å². The van der Waals surface area contributed by atoms with E-state index in [0.29, 0.717) is 6.54 Å². The third-order valence-electron chi connectivity index (χ3n) is 3.14. The lowest BCUT2D eigenvalue weighted by atomic mass is 10.2. The van der Waals surface area contributed by atoms with Gasteiger partial charge in [-0.1, -0.05) is 30.3 Å². The zero-order chi connectivity index (χ0) is 13.8. The molecule has 19 heavy (non-hydrogen) atoms. The topological polar surface area (TPSA) is 40.5 Å². The highest BCUT2D eigenvalue weighted by atomic mass is 32.1. The summed E-state index contributed by atoms with van der Waals surface area (Å²) in [4.78, 5) is 15.1. The third-order valence-corrected chi connectivity index (χ3v) is 4.26. The summed E-state index contributed by atoms with van der Waals surface area (Å²) in [5.74, 6) is -0.790. The fourth-order valence-electron chi connectivity index (χ4n) is 1.79. The van der Waals surface area contributed by atoms with Crippen molar-refractivity contribution in [2.45, 2.75) is 19.5 Å². The summed E-state index contributed by atoms with van der Waals surface area (Å²) in [6.07, 6.45) is 0. The van der Waals surface area contributed by atoms with Gasteiger partial charge in [0, 0.05) is 16.3 Å². The molecule has 1 heterocycles. The Labute approximate surface area is 117 Å². The first-order valence-corrected chi connectivity index (χ1v) is 6.97. The van der Waals surface area contributed by atoms with E-state index in [1.54, 1.807) is 18.3 Å². The molecule has 0 amide bonds. The van der Waals surface area contributed by atoms with Crippen LogP contribution in [0.4, 0.5) is 0 Å². The molecule has 2 aromatic rings. The molecule has 0 fully saturated rings. The second-order valence-electron chi connectivity index (χ2n) is 4.56. The summed E-state index contributed by atoms with van der Waals surface area (Å²) in [6, 6.07) is 13.9. The lowest BCUT2D eigenvalue weighted by molar-refractivity contribution is -0.142. The molecular weight excluding hydrogens is 258 g/mol. The fraction of sp³-hybridized carbons (Fsp3) is 0.267. The lowest BCUT2D eigenvalue weighted by Crippen LogP contribution is -2.34. The summed E-state index contributed by atoms with van der Waals surface area (Å²) in [6.45, 7) is 2.36. The molecule has 0 saturated carbocycles. The second kappa shape index (κ2) is 5.99. The Balaban J connectivity index is 2.08. The number of likely N-dealkylation sites (N-methyl/N-ethyl adjacent to an activating group) is 1. The quantitative estimate of drug-likeness (QED) is 0.910. The summed E-state index contributed by atoms with van der Waals surface area (Å²) in [7, 11) is 1.83. The summed E-state index contributed by atoms with van der Waals surface area (Å²) in [5, 5.41) is 8.98. The first kappa shape index (κ1) is 13.8. The zero-order valence-electron chi connectivity index (χ0n) is 11.0. The monoisotopic (exact) mass is 275 g/mol. The van der Waals surface area contributed by atoms with Crippen LogP contribution in [0.15, 0.2) is 42.5 Å². The zero-order valence-corrected chi connectivity index (χ0v) is 11.9. The highest BCUT2D eigenvalue weighted by Crippen LogP contribution is 2.28. The van der Waals surface area contributed by atoms with Crippen LogP contribution in [0.5, 0.6) is 0 Å². The molecule has 3 nitrogen and oxygen atoms in total. The molecule has 0 saturated heterocycles. The van der Waals surface area contributed by atoms with Gasteiger partial charge in [-0.15, -0.1) is 11.3 Å². The summed E-state index contributed by atoms with van der Waals surface area (Å²) in [5.41, 5.74) is 1.20. The standard InChI is InChI=1S/C15H17NO2S/c1-11(15(17)18)16(2)10-13-8-9-14(19-13)12-6-4-3-5-7-12/h3-9,11H,10H2,1-2H3,(H,17,18). The Kier molecular flexibility index (Phi) is 4.35. The predicted octanol–water partition coefficient (Wildman–Crippen LogP) is 3.32. The van der Waals surface area contributed by atoms with Gasteiger partial charge in [-0.2, -0.15) is 0 Å². The molecular formula is C15H17NO2S. The maximum Gasteiger partial charge on any atom is 0.320 e. The minimum Gasteiger partial charge on any atom is -0.480 e. The molecule has 1 unspecified atom stereocenters. The van der Waals surface area contributed by atoms with E-state index >= 15 is 0 Å². The summed E-state index contributed by atoms with van der Waals surface area (Å²) < 4.78 is 0. The number of hydrogen-bond donors (Lipinski definition) is 1.